The highest BCUT2D eigenvalue weighted by Crippen LogP contribution is 2.28. The maximum atomic E-state index is 13.5. The SMILES string of the molecule is Cc1cc(-c2cc(NC(=O)[C@H](Cc3ccccc3)NCc3ccccn3)cc(NS(C)(=O)=O)c2)ccn1. The van der Waals surface area contributed by atoms with Crippen molar-refractivity contribution in [1.29, 1.82) is 0 Å². The van der Waals surface area contributed by atoms with Gasteiger partial charge in [-0.1, -0.05) is 36.4 Å². The van der Waals surface area contributed by atoms with Crippen molar-refractivity contribution in [2.24, 2.45) is 0 Å². The second kappa shape index (κ2) is 11.8. The van der Waals surface area contributed by atoms with Gasteiger partial charge in [-0.15, -0.1) is 0 Å². The average Bonchev–Trinajstić information content (AvgIpc) is 2.86. The lowest BCUT2D eigenvalue weighted by Crippen LogP contribution is -2.42. The van der Waals surface area contributed by atoms with Crippen LogP contribution in [0.4, 0.5) is 11.4 Å². The van der Waals surface area contributed by atoms with E-state index in [1.54, 1.807) is 24.5 Å². The molecule has 0 aliphatic carbocycles. The Morgan fingerprint density at radius 1 is 0.865 bits per heavy atom. The van der Waals surface area contributed by atoms with Gasteiger partial charge in [-0.2, -0.15) is 0 Å². The standard InChI is InChI=1S/C28H29N5O3S/c1-20-14-22(11-13-29-20)23-16-25(18-26(17-23)33-37(2,35)36)32-28(34)27(15-21-8-4-3-5-9-21)31-19-24-10-6-7-12-30-24/h3-14,16-18,27,31,33H,15,19H2,1-2H3,(H,32,34)/t27-/m0/s1. The van der Waals surface area contributed by atoms with Gasteiger partial charge in [-0.05, 0) is 72.5 Å². The molecule has 4 rings (SSSR count). The Labute approximate surface area is 217 Å². The molecule has 0 saturated carbocycles. The Balaban J connectivity index is 1.62. The summed E-state index contributed by atoms with van der Waals surface area (Å²) in [4.78, 5) is 22.1. The van der Waals surface area contributed by atoms with E-state index >= 15 is 0 Å². The maximum absolute atomic E-state index is 13.5. The first-order valence-electron chi connectivity index (χ1n) is 11.8. The van der Waals surface area contributed by atoms with E-state index in [9.17, 15) is 13.2 Å². The number of benzene rings is 2. The molecule has 37 heavy (non-hydrogen) atoms. The first-order chi connectivity index (χ1) is 17.7. The van der Waals surface area contributed by atoms with Crippen molar-refractivity contribution in [1.82, 2.24) is 15.3 Å². The van der Waals surface area contributed by atoms with Crippen LogP contribution in [0.5, 0.6) is 0 Å². The number of anilines is 2. The van der Waals surface area contributed by atoms with Crippen LogP contribution in [0.2, 0.25) is 0 Å². The van der Waals surface area contributed by atoms with E-state index in [1.807, 2.05) is 73.7 Å². The summed E-state index contributed by atoms with van der Waals surface area (Å²) in [6.07, 6.45) is 4.96. The Morgan fingerprint density at radius 3 is 2.32 bits per heavy atom. The van der Waals surface area contributed by atoms with Crippen LogP contribution in [0.1, 0.15) is 17.0 Å². The van der Waals surface area contributed by atoms with Crippen molar-refractivity contribution in [3.63, 3.8) is 0 Å². The number of hydrogen-bond acceptors (Lipinski definition) is 6. The molecule has 2 aromatic carbocycles. The molecule has 2 aromatic heterocycles. The minimum atomic E-state index is -3.52. The third-order valence-corrected chi connectivity index (χ3v) is 6.20. The molecular formula is C28H29N5O3S. The van der Waals surface area contributed by atoms with Crippen LogP contribution >= 0.6 is 0 Å². The lowest BCUT2D eigenvalue weighted by Gasteiger charge is -2.19. The number of pyridine rings is 2. The predicted octanol–water partition coefficient (Wildman–Crippen LogP) is 4.16. The van der Waals surface area contributed by atoms with Crippen molar-refractivity contribution < 1.29 is 13.2 Å². The molecule has 0 bridgehead atoms. The smallest absolute Gasteiger partial charge is 0.241 e. The van der Waals surface area contributed by atoms with Crippen molar-refractivity contribution in [2.75, 3.05) is 16.3 Å². The van der Waals surface area contributed by atoms with Crippen molar-refractivity contribution in [2.45, 2.75) is 25.9 Å². The van der Waals surface area contributed by atoms with E-state index in [0.29, 0.717) is 24.3 Å². The molecule has 4 aromatic rings. The molecule has 0 aliphatic heterocycles. The summed E-state index contributed by atoms with van der Waals surface area (Å²) in [5.41, 5.74) is 5.09. The highest BCUT2D eigenvalue weighted by molar-refractivity contribution is 7.92. The lowest BCUT2D eigenvalue weighted by atomic mass is 10.0. The van der Waals surface area contributed by atoms with Crippen LogP contribution in [0.3, 0.4) is 0 Å². The summed E-state index contributed by atoms with van der Waals surface area (Å²) in [5.74, 6) is -0.242. The van der Waals surface area contributed by atoms with Gasteiger partial charge in [0.15, 0.2) is 0 Å². The summed E-state index contributed by atoms with van der Waals surface area (Å²) in [5, 5.41) is 6.29. The van der Waals surface area contributed by atoms with Gasteiger partial charge in [0.05, 0.1) is 23.7 Å². The molecule has 0 saturated heterocycles. The highest BCUT2D eigenvalue weighted by atomic mass is 32.2. The van der Waals surface area contributed by atoms with Gasteiger partial charge >= 0.3 is 0 Å². The Hall–Kier alpha value is -4.08. The summed E-state index contributed by atoms with van der Waals surface area (Å²) >= 11 is 0. The quantitative estimate of drug-likeness (QED) is 0.292. The molecule has 0 radical (unpaired) electrons. The van der Waals surface area contributed by atoms with Crippen LogP contribution in [-0.4, -0.2) is 36.6 Å². The summed E-state index contributed by atoms with van der Waals surface area (Å²) in [6, 6.07) is 23.7. The zero-order valence-corrected chi connectivity index (χ0v) is 21.5. The normalized spacial score (nSPS) is 12.1. The van der Waals surface area contributed by atoms with Gasteiger partial charge < -0.3 is 5.32 Å². The molecule has 190 valence electrons. The number of aryl methyl sites for hydroxylation is 1. The fraction of sp³-hybridized carbons (Fsp3) is 0.179. The molecule has 3 N–H and O–H groups in total. The number of carbonyl (C=O) groups is 1. The Kier molecular flexibility index (Phi) is 8.27. The van der Waals surface area contributed by atoms with Gasteiger partial charge in [0.1, 0.15) is 0 Å². The summed E-state index contributed by atoms with van der Waals surface area (Å²) < 4.78 is 26.4. The van der Waals surface area contributed by atoms with Crippen molar-refractivity contribution in [3.8, 4) is 11.1 Å². The zero-order chi connectivity index (χ0) is 26.3. The first kappa shape index (κ1) is 26.0. The molecule has 1 amide bonds. The molecule has 9 heteroatoms. The van der Waals surface area contributed by atoms with Gasteiger partial charge in [0.25, 0.3) is 0 Å². The summed E-state index contributed by atoms with van der Waals surface area (Å²) in [6.45, 7) is 2.30. The molecule has 8 nitrogen and oxygen atoms in total. The first-order valence-corrected chi connectivity index (χ1v) is 13.7. The zero-order valence-electron chi connectivity index (χ0n) is 20.7. The second-order valence-electron chi connectivity index (χ2n) is 8.79. The Bertz CT molecular complexity index is 1460. The van der Waals surface area contributed by atoms with Crippen molar-refractivity contribution >= 4 is 27.3 Å². The van der Waals surface area contributed by atoms with Crippen LogP contribution < -0.4 is 15.4 Å². The molecule has 0 unspecified atom stereocenters. The van der Waals surface area contributed by atoms with Crippen LogP contribution in [0.15, 0.2) is 91.3 Å². The van der Waals surface area contributed by atoms with E-state index in [1.165, 1.54) is 0 Å². The molecule has 0 aliphatic rings. The second-order valence-corrected chi connectivity index (χ2v) is 10.5. The molecule has 0 fully saturated rings. The number of nitrogens with zero attached hydrogens (tertiary/aromatic N) is 2. The molecule has 0 spiro atoms. The van der Waals surface area contributed by atoms with E-state index in [0.717, 1.165) is 34.3 Å². The van der Waals surface area contributed by atoms with Crippen LogP contribution in [0, 0.1) is 6.92 Å². The average molecular weight is 516 g/mol. The number of sulfonamides is 1. The minimum absolute atomic E-state index is 0.242. The van der Waals surface area contributed by atoms with E-state index in [4.69, 9.17) is 0 Å². The fourth-order valence-electron chi connectivity index (χ4n) is 3.93. The monoisotopic (exact) mass is 515 g/mol. The largest absolute Gasteiger partial charge is 0.325 e. The molecular weight excluding hydrogens is 486 g/mol. The van der Waals surface area contributed by atoms with E-state index in [-0.39, 0.29) is 5.91 Å². The maximum Gasteiger partial charge on any atom is 0.241 e. The molecule has 1 atom stereocenters. The number of amides is 1. The van der Waals surface area contributed by atoms with Crippen LogP contribution in [-0.2, 0) is 27.8 Å². The van der Waals surface area contributed by atoms with E-state index in [2.05, 4.69) is 25.3 Å². The predicted molar refractivity (Wildman–Crippen MR) is 147 cm³/mol. The lowest BCUT2D eigenvalue weighted by molar-refractivity contribution is -0.118. The number of carbonyl (C=O) groups excluding carboxylic acids is 1. The third kappa shape index (κ3) is 7.96. The highest BCUT2D eigenvalue weighted by Gasteiger charge is 2.20. The van der Waals surface area contributed by atoms with Gasteiger partial charge in [-0.3, -0.25) is 24.8 Å². The third-order valence-electron chi connectivity index (χ3n) is 5.59. The van der Waals surface area contributed by atoms with Gasteiger partial charge in [-0.25, -0.2) is 8.42 Å². The number of nitrogens with one attached hydrogen (secondary N) is 3. The number of rotatable bonds is 10. The van der Waals surface area contributed by atoms with Gasteiger partial charge in [0.2, 0.25) is 15.9 Å². The number of hydrogen-bond donors (Lipinski definition) is 3. The fourth-order valence-corrected chi connectivity index (χ4v) is 4.48. The molecule has 2 heterocycles. The topological polar surface area (TPSA) is 113 Å². The minimum Gasteiger partial charge on any atom is -0.325 e. The van der Waals surface area contributed by atoms with Crippen LogP contribution in [0.25, 0.3) is 11.1 Å². The van der Waals surface area contributed by atoms with Crippen molar-refractivity contribution in [3.05, 3.63) is 108 Å². The Morgan fingerprint density at radius 2 is 1.62 bits per heavy atom. The number of aromatic nitrogens is 2. The summed E-state index contributed by atoms with van der Waals surface area (Å²) in [7, 11) is -3.52. The van der Waals surface area contributed by atoms with E-state index < -0.39 is 16.1 Å². The van der Waals surface area contributed by atoms with Gasteiger partial charge in [0, 0.05) is 30.3 Å².